The highest BCUT2D eigenvalue weighted by molar-refractivity contribution is 6.06. The third kappa shape index (κ3) is 2.70. The second kappa shape index (κ2) is 5.82. The highest BCUT2D eigenvalue weighted by Crippen LogP contribution is 2.46. The number of anilines is 2. The van der Waals surface area contributed by atoms with Crippen LogP contribution in [-0.4, -0.2) is 24.9 Å². The molecule has 2 aliphatic heterocycles. The van der Waals surface area contributed by atoms with Crippen molar-refractivity contribution in [1.29, 1.82) is 0 Å². The van der Waals surface area contributed by atoms with Crippen LogP contribution in [-0.2, 0) is 6.54 Å². The van der Waals surface area contributed by atoms with Crippen molar-refractivity contribution in [3.05, 3.63) is 64.9 Å². The van der Waals surface area contributed by atoms with Crippen LogP contribution < -0.4 is 21.9 Å². The number of hydrogen-bond acceptors (Lipinski definition) is 5. The fraction of sp³-hybridized carbons (Fsp3) is 0.211. The molecule has 5 N–H and O–H groups in total. The molecular weight excluding hydrogens is 314 g/mol. The van der Waals surface area contributed by atoms with E-state index in [1.807, 2.05) is 12.3 Å². The van der Waals surface area contributed by atoms with Gasteiger partial charge in [0.1, 0.15) is 0 Å². The SMILES string of the molecule is CN(C)Cc1cccc(C2Nc3cc(N)cc4c3C2=CNNC4=O)c1. The minimum Gasteiger partial charge on any atom is -0.399 e. The van der Waals surface area contributed by atoms with E-state index in [1.54, 1.807) is 6.07 Å². The van der Waals surface area contributed by atoms with Gasteiger partial charge in [-0.25, -0.2) is 0 Å². The Morgan fingerprint density at radius 2 is 2.04 bits per heavy atom. The van der Waals surface area contributed by atoms with Crippen LogP contribution in [0.2, 0.25) is 0 Å². The fourth-order valence-electron chi connectivity index (χ4n) is 3.55. The van der Waals surface area contributed by atoms with E-state index in [4.69, 9.17) is 5.73 Å². The molecule has 128 valence electrons. The monoisotopic (exact) mass is 335 g/mol. The maximum Gasteiger partial charge on any atom is 0.270 e. The molecule has 0 bridgehead atoms. The molecule has 2 aromatic carbocycles. The number of hydrazine groups is 1. The number of nitrogen functional groups attached to an aromatic ring is 1. The molecule has 6 heteroatoms. The van der Waals surface area contributed by atoms with Crippen molar-refractivity contribution in [2.45, 2.75) is 12.6 Å². The molecule has 6 nitrogen and oxygen atoms in total. The van der Waals surface area contributed by atoms with Crippen LogP contribution in [0.3, 0.4) is 0 Å². The van der Waals surface area contributed by atoms with Crippen molar-refractivity contribution >= 4 is 22.9 Å². The first-order valence-corrected chi connectivity index (χ1v) is 8.23. The smallest absolute Gasteiger partial charge is 0.270 e. The van der Waals surface area contributed by atoms with E-state index in [0.717, 1.165) is 28.9 Å². The van der Waals surface area contributed by atoms with Gasteiger partial charge in [0, 0.05) is 35.3 Å². The third-order valence-electron chi connectivity index (χ3n) is 4.50. The van der Waals surface area contributed by atoms with Gasteiger partial charge < -0.3 is 21.4 Å². The third-order valence-corrected chi connectivity index (χ3v) is 4.50. The number of nitrogens with zero attached hydrogens (tertiary/aromatic N) is 1. The minimum absolute atomic E-state index is 0.0298. The zero-order chi connectivity index (χ0) is 17.6. The van der Waals surface area contributed by atoms with Gasteiger partial charge >= 0.3 is 0 Å². The molecule has 0 spiro atoms. The lowest BCUT2D eigenvalue weighted by Crippen LogP contribution is -2.32. The Morgan fingerprint density at radius 3 is 2.84 bits per heavy atom. The van der Waals surface area contributed by atoms with E-state index in [1.165, 1.54) is 5.56 Å². The Balaban J connectivity index is 1.79. The number of amides is 1. The topological polar surface area (TPSA) is 82.4 Å². The Kier molecular flexibility index (Phi) is 3.62. The molecule has 25 heavy (non-hydrogen) atoms. The summed E-state index contributed by atoms with van der Waals surface area (Å²) in [6.45, 7) is 0.878. The predicted octanol–water partition coefficient (Wildman–Crippen LogP) is 2.09. The highest BCUT2D eigenvalue weighted by atomic mass is 16.2. The number of hydrogen-bond donors (Lipinski definition) is 4. The maximum absolute atomic E-state index is 12.3. The van der Waals surface area contributed by atoms with Crippen molar-refractivity contribution < 1.29 is 4.79 Å². The van der Waals surface area contributed by atoms with Crippen LogP contribution in [0.4, 0.5) is 11.4 Å². The summed E-state index contributed by atoms with van der Waals surface area (Å²) in [5, 5.41) is 3.52. The summed E-state index contributed by atoms with van der Waals surface area (Å²) in [4.78, 5) is 14.4. The van der Waals surface area contributed by atoms with E-state index in [2.05, 4.69) is 59.4 Å². The lowest BCUT2D eigenvalue weighted by molar-refractivity contribution is 0.0942. The molecule has 0 radical (unpaired) electrons. The van der Waals surface area contributed by atoms with Gasteiger partial charge in [0.25, 0.3) is 5.91 Å². The molecule has 2 aromatic rings. The van der Waals surface area contributed by atoms with Crippen LogP contribution in [0.15, 0.2) is 42.6 Å². The van der Waals surface area contributed by atoms with Crippen LogP contribution in [0, 0.1) is 0 Å². The molecule has 0 fully saturated rings. The quantitative estimate of drug-likeness (QED) is 0.646. The zero-order valence-corrected chi connectivity index (χ0v) is 14.3. The second-order valence-corrected chi connectivity index (χ2v) is 6.75. The number of nitrogens with one attached hydrogen (secondary N) is 3. The summed E-state index contributed by atoms with van der Waals surface area (Å²) in [5.74, 6) is -0.182. The second-order valence-electron chi connectivity index (χ2n) is 6.75. The molecule has 2 aliphatic rings. The number of carbonyl (C=O) groups is 1. The van der Waals surface area contributed by atoms with Crippen LogP contribution in [0.1, 0.15) is 33.1 Å². The lowest BCUT2D eigenvalue weighted by Gasteiger charge is -2.17. The van der Waals surface area contributed by atoms with Gasteiger partial charge in [-0.05, 0) is 37.4 Å². The Bertz CT molecular complexity index is 887. The number of carbonyl (C=O) groups excluding carboxylic acids is 1. The molecule has 1 amide bonds. The first kappa shape index (κ1) is 15.5. The van der Waals surface area contributed by atoms with Gasteiger partial charge in [0.15, 0.2) is 0 Å². The van der Waals surface area contributed by atoms with E-state index in [9.17, 15) is 4.79 Å². The van der Waals surface area contributed by atoms with Gasteiger partial charge in [-0.1, -0.05) is 24.3 Å². The summed E-state index contributed by atoms with van der Waals surface area (Å²) >= 11 is 0. The Hall–Kier alpha value is -2.99. The minimum atomic E-state index is -0.182. The molecular formula is C19H21N5O. The molecule has 1 unspecified atom stereocenters. The Labute approximate surface area is 146 Å². The first-order valence-electron chi connectivity index (χ1n) is 8.23. The lowest BCUT2D eigenvalue weighted by atomic mass is 9.93. The summed E-state index contributed by atoms with van der Waals surface area (Å²) in [6.07, 6.45) is 1.85. The van der Waals surface area contributed by atoms with Gasteiger partial charge in [-0.15, -0.1) is 0 Å². The zero-order valence-electron chi connectivity index (χ0n) is 14.3. The van der Waals surface area contributed by atoms with Crippen molar-refractivity contribution in [2.24, 2.45) is 0 Å². The summed E-state index contributed by atoms with van der Waals surface area (Å²) in [5.41, 5.74) is 18.0. The molecule has 0 saturated carbocycles. The van der Waals surface area contributed by atoms with E-state index < -0.39 is 0 Å². The molecule has 0 aromatic heterocycles. The number of benzene rings is 2. The largest absolute Gasteiger partial charge is 0.399 e. The highest BCUT2D eigenvalue weighted by Gasteiger charge is 2.33. The summed E-state index contributed by atoms with van der Waals surface area (Å²) in [7, 11) is 4.11. The fourth-order valence-corrected chi connectivity index (χ4v) is 3.55. The van der Waals surface area contributed by atoms with Gasteiger partial charge in [-0.2, -0.15) is 0 Å². The average Bonchev–Trinajstić information content (AvgIpc) is 2.83. The standard InChI is InChI=1S/C19H21N5O/c1-24(2)10-11-4-3-5-12(6-11)18-15-9-21-23-19(25)14-7-13(20)8-16(22-18)17(14)15/h3-9,18,21-22H,10,20H2,1-2H3,(H,23,25). The van der Waals surface area contributed by atoms with Crippen LogP contribution in [0.5, 0.6) is 0 Å². The average molecular weight is 335 g/mol. The van der Waals surface area contributed by atoms with Crippen LogP contribution in [0.25, 0.3) is 5.57 Å². The molecule has 1 atom stereocenters. The van der Waals surface area contributed by atoms with E-state index >= 15 is 0 Å². The normalized spacial score (nSPS) is 18.0. The molecule has 0 saturated heterocycles. The van der Waals surface area contributed by atoms with Gasteiger partial charge in [-0.3, -0.25) is 10.2 Å². The summed E-state index contributed by atoms with van der Waals surface area (Å²) in [6, 6.07) is 12.1. The number of nitrogens with two attached hydrogens (primary N) is 1. The van der Waals surface area contributed by atoms with Crippen molar-refractivity contribution in [2.75, 3.05) is 25.1 Å². The predicted molar refractivity (Wildman–Crippen MR) is 99.6 cm³/mol. The summed E-state index contributed by atoms with van der Waals surface area (Å²) < 4.78 is 0. The van der Waals surface area contributed by atoms with Crippen molar-refractivity contribution in [1.82, 2.24) is 15.8 Å². The molecule has 0 aliphatic carbocycles. The first-order chi connectivity index (χ1) is 12.0. The van der Waals surface area contributed by atoms with Crippen LogP contribution >= 0.6 is 0 Å². The van der Waals surface area contributed by atoms with Crippen molar-refractivity contribution in [3.63, 3.8) is 0 Å². The molecule has 4 rings (SSSR count). The van der Waals surface area contributed by atoms with E-state index in [0.29, 0.717) is 11.3 Å². The van der Waals surface area contributed by atoms with Gasteiger partial charge in [0.2, 0.25) is 0 Å². The molecule has 2 heterocycles. The number of rotatable bonds is 3. The van der Waals surface area contributed by atoms with Gasteiger partial charge in [0.05, 0.1) is 11.6 Å². The van der Waals surface area contributed by atoms with E-state index in [-0.39, 0.29) is 11.9 Å². The Morgan fingerprint density at radius 1 is 1.20 bits per heavy atom. The maximum atomic E-state index is 12.3. The van der Waals surface area contributed by atoms with Crippen molar-refractivity contribution in [3.8, 4) is 0 Å².